The normalized spacial score (nSPS) is 15.4. The third-order valence-electron chi connectivity index (χ3n) is 2.81. The van der Waals surface area contributed by atoms with Crippen LogP contribution in [-0.4, -0.2) is 23.9 Å². The fourth-order valence-corrected chi connectivity index (χ4v) is 2.83. The summed E-state index contributed by atoms with van der Waals surface area (Å²) in [4.78, 5) is 18.4. The van der Waals surface area contributed by atoms with Crippen molar-refractivity contribution in [1.82, 2.24) is 4.90 Å². The van der Waals surface area contributed by atoms with E-state index in [0.717, 1.165) is 35.7 Å². The van der Waals surface area contributed by atoms with Gasteiger partial charge in [0.05, 0.1) is 11.4 Å². The first-order valence-electron chi connectivity index (χ1n) is 5.70. The number of carbonyl (C=O) groups is 1. The fourth-order valence-electron chi connectivity index (χ4n) is 1.93. The molecular weight excluding hydrogens is 236 g/mol. The average Bonchev–Trinajstić information content (AvgIpc) is 2.85. The van der Waals surface area contributed by atoms with Crippen molar-refractivity contribution in [3.63, 3.8) is 0 Å². The van der Waals surface area contributed by atoms with E-state index in [2.05, 4.69) is 10.0 Å². The van der Waals surface area contributed by atoms with Crippen molar-refractivity contribution in [3.8, 4) is 0 Å². The Labute approximate surface area is 104 Å². The number of rotatable bonds is 3. The van der Waals surface area contributed by atoms with Gasteiger partial charge in [0.25, 0.3) is 5.91 Å². The lowest BCUT2D eigenvalue weighted by Crippen LogP contribution is -2.35. The second kappa shape index (κ2) is 5.70. The molecule has 0 bridgehead atoms. The third-order valence-corrected chi connectivity index (χ3v) is 3.86. The smallest absolute Gasteiger partial charge is 0.263 e. The molecular formula is C11H14N4OS. The largest absolute Gasteiger partial charge is 0.338 e. The molecule has 1 saturated heterocycles. The number of piperidine rings is 1. The van der Waals surface area contributed by atoms with E-state index in [-0.39, 0.29) is 5.91 Å². The Morgan fingerprint density at radius 3 is 2.88 bits per heavy atom. The van der Waals surface area contributed by atoms with Crippen LogP contribution in [0, 0.1) is 0 Å². The van der Waals surface area contributed by atoms with Crippen LogP contribution in [0.5, 0.6) is 0 Å². The maximum absolute atomic E-state index is 12.1. The first kappa shape index (κ1) is 12.0. The van der Waals surface area contributed by atoms with Crippen molar-refractivity contribution < 1.29 is 4.79 Å². The topological polar surface area (TPSA) is 69.1 Å². The van der Waals surface area contributed by atoms with Gasteiger partial charge < -0.3 is 4.90 Å². The molecule has 1 aliphatic heterocycles. The molecule has 0 aromatic carbocycles. The fraction of sp³-hybridized carbons (Fsp3) is 0.545. The van der Waals surface area contributed by atoms with Gasteiger partial charge in [-0.25, -0.2) is 0 Å². The number of nitrogens with zero attached hydrogens (tertiary/aromatic N) is 4. The number of azide groups is 1. The van der Waals surface area contributed by atoms with E-state index in [1.165, 1.54) is 17.8 Å². The van der Waals surface area contributed by atoms with Gasteiger partial charge in [-0.2, -0.15) is 0 Å². The molecule has 1 aromatic rings. The van der Waals surface area contributed by atoms with Crippen molar-refractivity contribution in [2.75, 3.05) is 13.1 Å². The highest BCUT2D eigenvalue weighted by atomic mass is 32.1. The van der Waals surface area contributed by atoms with E-state index in [9.17, 15) is 4.79 Å². The molecule has 2 heterocycles. The summed E-state index contributed by atoms with van der Waals surface area (Å²) in [5.74, 6) is 0.113. The molecule has 1 aromatic heterocycles. The minimum Gasteiger partial charge on any atom is -0.338 e. The summed E-state index contributed by atoms with van der Waals surface area (Å²) >= 11 is 1.42. The Hall–Kier alpha value is -1.52. The zero-order chi connectivity index (χ0) is 12.1. The van der Waals surface area contributed by atoms with Gasteiger partial charge in [0.2, 0.25) is 0 Å². The maximum Gasteiger partial charge on any atom is 0.263 e. The first-order chi connectivity index (χ1) is 8.31. The highest BCUT2D eigenvalue weighted by Gasteiger charge is 2.19. The first-order valence-corrected chi connectivity index (χ1v) is 6.52. The predicted molar refractivity (Wildman–Crippen MR) is 66.9 cm³/mol. The van der Waals surface area contributed by atoms with Crippen LogP contribution in [0.3, 0.4) is 0 Å². The van der Waals surface area contributed by atoms with Crippen molar-refractivity contribution >= 4 is 17.2 Å². The molecule has 0 radical (unpaired) electrons. The molecule has 0 aliphatic carbocycles. The second-order valence-electron chi connectivity index (χ2n) is 4.01. The summed E-state index contributed by atoms with van der Waals surface area (Å²) in [5, 5.41) is 3.49. The molecule has 0 atom stereocenters. The molecule has 1 aliphatic rings. The van der Waals surface area contributed by atoms with Crippen molar-refractivity contribution in [2.45, 2.75) is 25.8 Å². The van der Waals surface area contributed by atoms with E-state index in [1.807, 2.05) is 17.0 Å². The summed E-state index contributed by atoms with van der Waals surface area (Å²) in [6.07, 6.45) is 3.42. The van der Waals surface area contributed by atoms with E-state index < -0.39 is 0 Å². The summed E-state index contributed by atoms with van der Waals surface area (Å²) in [6.45, 7) is 2.05. The van der Waals surface area contributed by atoms with Crippen LogP contribution in [0.25, 0.3) is 10.4 Å². The number of thiophene rings is 1. The van der Waals surface area contributed by atoms with Crippen molar-refractivity contribution in [2.24, 2.45) is 5.11 Å². The Morgan fingerprint density at radius 2 is 2.18 bits per heavy atom. The van der Waals surface area contributed by atoms with Gasteiger partial charge >= 0.3 is 0 Å². The lowest BCUT2D eigenvalue weighted by Gasteiger charge is -2.26. The number of carbonyl (C=O) groups excluding carboxylic acids is 1. The highest BCUT2D eigenvalue weighted by Crippen LogP contribution is 2.21. The zero-order valence-electron chi connectivity index (χ0n) is 9.50. The molecule has 2 rings (SSSR count). The minimum absolute atomic E-state index is 0.113. The monoisotopic (exact) mass is 250 g/mol. The SMILES string of the molecule is [N-]=[N+]=NCc1ccc(C(=O)N2CCCCC2)s1. The van der Waals surface area contributed by atoms with Crippen LogP contribution in [0.1, 0.15) is 33.8 Å². The van der Waals surface area contributed by atoms with Crippen molar-refractivity contribution in [1.29, 1.82) is 0 Å². The van der Waals surface area contributed by atoms with E-state index in [1.54, 1.807) is 0 Å². The van der Waals surface area contributed by atoms with Gasteiger partial charge in [0, 0.05) is 22.9 Å². The lowest BCUT2D eigenvalue weighted by atomic mass is 10.1. The Kier molecular flexibility index (Phi) is 4.01. The summed E-state index contributed by atoms with van der Waals surface area (Å²) in [6, 6.07) is 3.68. The number of amides is 1. The Balaban J connectivity index is 2.03. The quantitative estimate of drug-likeness (QED) is 0.461. The van der Waals surface area contributed by atoms with E-state index in [0.29, 0.717) is 6.54 Å². The van der Waals surface area contributed by atoms with Gasteiger partial charge in [-0.15, -0.1) is 11.3 Å². The lowest BCUT2D eigenvalue weighted by molar-refractivity contribution is 0.0729. The minimum atomic E-state index is 0.113. The maximum atomic E-state index is 12.1. The molecule has 0 saturated carbocycles. The van der Waals surface area contributed by atoms with Crippen LogP contribution in [0.15, 0.2) is 17.2 Å². The van der Waals surface area contributed by atoms with Gasteiger partial charge in [0.15, 0.2) is 0 Å². The predicted octanol–water partition coefficient (Wildman–Crippen LogP) is 3.18. The second-order valence-corrected chi connectivity index (χ2v) is 5.18. The average molecular weight is 250 g/mol. The van der Waals surface area contributed by atoms with Gasteiger partial charge in [0.1, 0.15) is 0 Å². The molecule has 5 nitrogen and oxygen atoms in total. The molecule has 1 amide bonds. The van der Waals surface area contributed by atoms with Crippen LogP contribution in [0.4, 0.5) is 0 Å². The molecule has 0 unspecified atom stereocenters. The highest BCUT2D eigenvalue weighted by molar-refractivity contribution is 7.14. The Bertz CT molecular complexity index is 444. The number of likely N-dealkylation sites (tertiary alicyclic amines) is 1. The van der Waals surface area contributed by atoms with E-state index in [4.69, 9.17) is 5.53 Å². The van der Waals surface area contributed by atoms with E-state index >= 15 is 0 Å². The molecule has 17 heavy (non-hydrogen) atoms. The number of hydrogen-bond donors (Lipinski definition) is 0. The standard InChI is InChI=1S/C11H14N4OS/c12-14-13-8-9-4-5-10(17-9)11(16)15-6-2-1-3-7-15/h4-5H,1-3,6-8H2. The van der Waals surface area contributed by atoms with Gasteiger partial charge in [-0.05, 0) is 36.9 Å². The Morgan fingerprint density at radius 1 is 1.41 bits per heavy atom. The zero-order valence-corrected chi connectivity index (χ0v) is 10.3. The van der Waals surface area contributed by atoms with Crippen LogP contribution >= 0.6 is 11.3 Å². The van der Waals surface area contributed by atoms with Crippen LogP contribution in [-0.2, 0) is 6.54 Å². The van der Waals surface area contributed by atoms with Gasteiger partial charge in [-0.1, -0.05) is 5.11 Å². The summed E-state index contributed by atoms with van der Waals surface area (Å²) in [5.41, 5.74) is 8.24. The van der Waals surface area contributed by atoms with Gasteiger partial charge in [-0.3, -0.25) is 4.79 Å². The molecule has 1 fully saturated rings. The third kappa shape index (κ3) is 2.99. The van der Waals surface area contributed by atoms with Crippen molar-refractivity contribution in [3.05, 3.63) is 32.3 Å². The molecule has 90 valence electrons. The molecule has 0 N–H and O–H groups in total. The van der Waals surface area contributed by atoms with Crippen LogP contribution in [0.2, 0.25) is 0 Å². The summed E-state index contributed by atoms with van der Waals surface area (Å²) < 4.78 is 0. The number of hydrogen-bond acceptors (Lipinski definition) is 3. The molecule has 0 spiro atoms. The molecule has 6 heteroatoms. The summed E-state index contributed by atoms with van der Waals surface area (Å²) in [7, 11) is 0. The van der Waals surface area contributed by atoms with Crippen LogP contribution < -0.4 is 0 Å².